The number of hydrogen-bond acceptors (Lipinski definition) is 4. The van der Waals surface area contributed by atoms with Crippen LogP contribution in [0.1, 0.15) is 26.7 Å². The van der Waals surface area contributed by atoms with Crippen molar-refractivity contribution >= 4 is 17.6 Å². The largest absolute Gasteiger partial charge is 0.478 e. The summed E-state index contributed by atoms with van der Waals surface area (Å²) in [5.41, 5.74) is 0.303. The summed E-state index contributed by atoms with van der Waals surface area (Å²) in [7, 11) is 0. The van der Waals surface area contributed by atoms with Crippen molar-refractivity contribution in [2.24, 2.45) is 0 Å². The molecule has 0 aromatic carbocycles. The zero-order valence-electron chi connectivity index (χ0n) is 9.51. The highest BCUT2D eigenvalue weighted by atomic mass is 16.4. The van der Waals surface area contributed by atoms with E-state index in [4.69, 9.17) is 9.52 Å². The van der Waals surface area contributed by atoms with Gasteiger partial charge in [-0.05, 0) is 25.1 Å². The predicted molar refractivity (Wildman–Crippen MR) is 62.6 cm³/mol. The standard InChI is InChI=1S/C12H10N2O4/c1-7-2-3-10(18-7)11(15)14-9-4-8(12(16)17)5-13-6-9/h2-6H,1H3,(H,14,15)(H,16,17). The van der Waals surface area contributed by atoms with Crippen molar-refractivity contribution in [2.75, 3.05) is 5.32 Å². The van der Waals surface area contributed by atoms with E-state index in [2.05, 4.69) is 10.3 Å². The molecule has 18 heavy (non-hydrogen) atoms. The van der Waals surface area contributed by atoms with Gasteiger partial charge in [0.2, 0.25) is 0 Å². The van der Waals surface area contributed by atoms with Crippen LogP contribution in [0.5, 0.6) is 0 Å². The van der Waals surface area contributed by atoms with Gasteiger partial charge in [0.15, 0.2) is 5.76 Å². The number of pyridine rings is 1. The topological polar surface area (TPSA) is 92.4 Å². The maximum Gasteiger partial charge on any atom is 0.337 e. The van der Waals surface area contributed by atoms with Crippen LogP contribution in [0.25, 0.3) is 0 Å². The molecule has 0 saturated heterocycles. The lowest BCUT2D eigenvalue weighted by Gasteiger charge is -2.03. The molecule has 2 aromatic heterocycles. The highest BCUT2D eigenvalue weighted by Crippen LogP contribution is 2.12. The molecule has 2 heterocycles. The molecular weight excluding hydrogens is 236 g/mol. The van der Waals surface area contributed by atoms with E-state index in [1.165, 1.54) is 18.5 Å². The summed E-state index contributed by atoms with van der Waals surface area (Å²) in [6.07, 6.45) is 2.56. The minimum Gasteiger partial charge on any atom is -0.478 e. The van der Waals surface area contributed by atoms with Crippen LogP contribution in [0.3, 0.4) is 0 Å². The average Bonchev–Trinajstić information content (AvgIpc) is 2.76. The fraction of sp³-hybridized carbons (Fsp3) is 0.0833. The lowest BCUT2D eigenvalue weighted by molar-refractivity contribution is 0.0696. The molecule has 0 unspecified atom stereocenters. The van der Waals surface area contributed by atoms with Gasteiger partial charge >= 0.3 is 5.97 Å². The van der Waals surface area contributed by atoms with Gasteiger partial charge in [-0.1, -0.05) is 0 Å². The zero-order chi connectivity index (χ0) is 13.1. The van der Waals surface area contributed by atoms with E-state index in [0.29, 0.717) is 11.4 Å². The number of anilines is 1. The number of carboxylic acids is 1. The molecule has 1 amide bonds. The summed E-state index contributed by atoms with van der Waals surface area (Å²) in [5.74, 6) is -0.773. The first-order chi connectivity index (χ1) is 8.56. The molecule has 2 rings (SSSR count). The van der Waals surface area contributed by atoms with Gasteiger partial charge in [-0.3, -0.25) is 9.78 Å². The van der Waals surface area contributed by atoms with Crippen molar-refractivity contribution in [3.05, 3.63) is 47.7 Å². The van der Waals surface area contributed by atoms with E-state index in [1.807, 2.05) is 0 Å². The number of rotatable bonds is 3. The Kier molecular flexibility index (Phi) is 3.09. The van der Waals surface area contributed by atoms with E-state index in [0.717, 1.165) is 0 Å². The van der Waals surface area contributed by atoms with E-state index in [1.54, 1.807) is 19.1 Å². The molecule has 2 aromatic rings. The van der Waals surface area contributed by atoms with E-state index >= 15 is 0 Å². The molecule has 0 bridgehead atoms. The minimum atomic E-state index is -1.10. The van der Waals surface area contributed by atoms with Crippen molar-refractivity contribution < 1.29 is 19.1 Å². The Labute approximate surface area is 102 Å². The number of furan rings is 1. The maximum atomic E-state index is 11.7. The van der Waals surface area contributed by atoms with Crippen LogP contribution in [0.2, 0.25) is 0 Å². The summed E-state index contributed by atoms with van der Waals surface area (Å²) in [6.45, 7) is 1.73. The third-order valence-electron chi connectivity index (χ3n) is 2.21. The summed E-state index contributed by atoms with van der Waals surface area (Å²) in [4.78, 5) is 26.2. The molecule has 0 fully saturated rings. The Balaban J connectivity index is 2.16. The van der Waals surface area contributed by atoms with Gasteiger partial charge in [0.05, 0.1) is 17.4 Å². The third kappa shape index (κ3) is 2.54. The lowest BCUT2D eigenvalue weighted by atomic mass is 10.2. The third-order valence-corrected chi connectivity index (χ3v) is 2.21. The zero-order valence-corrected chi connectivity index (χ0v) is 9.51. The first-order valence-electron chi connectivity index (χ1n) is 5.12. The number of hydrogen-bond donors (Lipinski definition) is 2. The molecule has 0 aliphatic rings. The van der Waals surface area contributed by atoms with E-state index < -0.39 is 11.9 Å². The van der Waals surface area contributed by atoms with Gasteiger partial charge in [0.25, 0.3) is 5.91 Å². The second-order valence-electron chi connectivity index (χ2n) is 3.63. The molecule has 6 heteroatoms. The first kappa shape index (κ1) is 11.8. The van der Waals surface area contributed by atoms with Crippen molar-refractivity contribution in [1.29, 1.82) is 0 Å². The molecule has 2 N–H and O–H groups in total. The molecule has 6 nitrogen and oxygen atoms in total. The van der Waals surface area contributed by atoms with Gasteiger partial charge in [0.1, 0.15) is 5.76 Å². The van der Waals surface area contributed by atoms with E-state index in [9.17, 15) is 9.59 Å². The monoisotopic (exact) mass is 246 g/mol. The second-order valence-corrected chi connectivity index (χ2v) is 3.63. The van der Waals surface area contributed by atoms with Crippen LogP contribution in [0.4, 0.5) is 5.69 Å². The van der Waals surface area contributed by atoms with Crippen molar-refractivity contribution in [3.63, 3.8) is 0 Å². The van der Waals surface area contributed by atoms with Gasteiger partial charge < -0.3 is 14.8 Å². The number of nitrogens with zero attached hydrogens (tertiary/aromatic N) is 1. The number of carbonyl (C=O) groups is 2. The molecule has 0 atom stereocenters. The molecular formula is C12H10N2O4. The summed E-state index contributed by atoms with van der Waals surface area (Å²) < 4.78 is 5.15. The number of nitrogens with one attached hydrogen (secondary N) is 1. The van der Waals surface area contributed by atoms with Gasteiger partial charge in [-0.25, -0.2) is 4.79 Å². The molecule has 0 radical (unpaired) electrons. The Bertz CT molecular complexity index is 604. The van der Waals surface area contributed by atoms with Gasteiger partial charge in [-0.15, -0.1) is 0 Å². The Morgan fingerprint density at radius 1 is 1.33 bits per heavy atom. The molecule has 0 spiro atoms. The molecule has 0 saturated carbocycles. The fourth-order valence-electron chi connectivity index (χ4n) is 1.37. The van der Waals surface area contributed by atoms with Crippen LogP contribution in [-0.4, -0.2) is 22.0 Å². The van der Waals surface area contributed by atoms with Gasteiger partial charge in [0, 0.05) is 6.20 Å². The molecule has 0 aliphatic carbocycles. The SMILES string of the molecule is Cc1ccc(C(=O)Nc2cncc(C(=O)O)c2)o1. The highest BCUT2D eigenvalue weighted by molar-refractivity contribution is 6.02. The van der Waals surface area contributed by atoms with Crippen LogP contribution >= 0.6 is 0 Å². The first-order valence-corrected chi connectivity index (χ1v) is 5.12. The van der Waals surface area contributed by atoms with E-state index in [-0.39, 0.29) is 11.3 Å². The smallest absolute Gasteiger partial charge is 0.337 e. The highest BCUT2D eigenvalue weighted by Gasteiger charge is 2.11. The minimum absolute atomic E-state index is 0.00317. The Morgan fingerprint density at radius 3 is 2.72 bits per heavy atom. The normalized spacial score (nSPS) is 10.1. The summed E-state index contributed by atoms with van der Waals surface area (Å²) in [6, 6.07) is 4.53. The van der Waals surface area contributed by atoms with Crippen LogP contribution in [0.15, 0.2) is 35.0 Å². The fourth-order valence-corrected chi connectivity index (χ4v) is 1.37. The number of carboxylic acid groups (broad SMARTS) is 1. The van der Waals surface area contributed by atoms with Crippen LogP contribution < -0.4 is 5.32 Å². The Hall–Kier alpha value is -2.63. The second kappa shape index (κ2) is 4.70. The molecule has 92 valence electrons. The summed E-state index contributed by atoms with van der Waals surface area (Å²) in [5, 5.41) is 11.3. The lowest BCUT2D eigenvalue weighted by Crippen LogP contribution is -2.11. The van der Waals surface area contributed by atoms with Crippen LogP contribution in [0, 0.1) is 6.92 Å². The van der Waals surface area contributed by atoms with Gasteiger partial charge in [-0.2, -0.15) is 0 Å². The average molecular weight is 246 g/mol. The van der Waals surface area contributed by atoms with Crippen molar-refractivity contribution in [2.45, 2.75) is 6.92 Å². The van der Waals surface area contributed by atoms with Crippen LogP contribution in [-0.2, 0) is 0 Å². The number of aromatic nitrogens is 1. The number of amides is 1. The van der Waals surface area contributed by atoms with Crippen molar-refractivity contribution in [1.82, 2.24) is 4.98 Å². The molecule has 0 aliphatic heterocycles. The predicted octanol–water partition coefficient (Wildman–Crippen LogP) is 1.93. The Morgan fingerprint density at radius 2 is 2.11 bits per heavy atom. The van der Waals surface area contributed by atoms with Crippen molar-refractivity contribution in [3.8, 4) is 0 Å². The number of aromatic carboxylic acids is 1. The maximum absolute atomic E-state index is 11.7. The number of aryl methyl sites for hydroxylation is 1. The number of carbonyl (C=O) groups excluding carboxylic acids is 1. The summed E-state index contributed by atoms with van der Waals surface area (Å²) >= 11 is 0. The quantitative estimate of drug-likeness (QED) is 0.863.